The first-order chi connectivity index (χ1) is 15.0. The van der Waals surface area contributed by atoms with E-state index >= 15 is 0 Å². The van der Waals surface area contributed by atoms with Crippen LogP contribution in [0.4, 0.5) is 20.6 Å². The minimum atomic E-state index is -0.356. The highest BCUT2D eigenvalue weighted by Crippen LogP contribution is 2.48. The number of rotatable bonds is 2. The first-order valence-electron chi connectivity index (χ1n) is 10.9. The maximum atomic E-state index is 13.5. The summed E-state index contributed by atoms with van der Waals surface area (Å²) < 4.78 is 15.8. The number of benzene rings is 2. The fraction of sp³-hybridized carbons (Fsp3) is 0.320. The first-order valence-corrected chi connectivity index (χ1v) is 10.9. The Morgan fingerprint density at radius 1 is 1.06 bits per heavy atom. The van der Waals surface area contributed by atoms with Crippen LogP contribution < -0.4 is 10.2 Å². The second-order valence-corrected chi connectivity index (χ2v) is 8.46. The number of carbonyl (C=O) groups excluding carboxylic acids is 1. The normalized spacial score (nSPS) is 16.7. The van der Waals surface area contributed by atoms with Gasteiger partial charge in [-0.2, -0.15) is 0 Å². The molecule has 1 aromatic heterocycles. The molecule has 1 N–H and O–H groups in total. The summed E-state index contributed by atoms with van der Waals surface area (Å²) in [4.78, 5) is 17.2. The summed E-state index contributed by atoms with van der Waals surface area (Å²) in [5.74, 6) is -0.356. The molecule has 0 saturated carbocycles. The van der Waals surface area contributed by atoms with E-state index in [0.29, 0.717) is 18.8 Å². The van der Waals surface area contributed by atoms with Gasteiger partial charge in [-0.25, -0.2) is 9.18 Å². The Bertz CT molecular complexity index is 1130. The van der Waals surface area contributed by atoms with Crippen molar-refractivity contribution < 1.29 is 9.18 Å². The van der Waals surface area contributed by atoms with Crippen LogP contribution in [0.5, 0.6) is 0 Å². The van der Waals surface area contributed by atoms with Crippen molar-refractivity contribution in [2.75, 3.05) is 29.9 Å². The molecule has 2 amide bonds. The van der Waals surface area contributed by atoms with Crippen LogP contribution in [0.25, 0.3) is 5.69 Å². The van der Waals surface area contributed by atoms with Gasteiger partial charge in [0.05, 0.1) is 16.9 Å². The lowest BCUT2D eigenvalue weighted by Gasteiger charge is -2.53. The zero-order valence-corrected chi connectivity index (χ0v) is 17.9. The molecule has 1 saturated heterocycles. The van der Waals surface area contributed by atoms with E-state index in [1.165, 1.54) is 34.8 Å². The zero-order valence-electron chi connectivity index (χ0n) is 17.9. The Kier molecular flexibility index (Phi) is 4.73. The van der Waals surface area contributed by atoms with E-state index in [1.807, 2.05) is 4.90 Å². The quantitative estimate of drug-likeness (QED) is 0.614. The SMILES string of the molecule is CCN1c2cc(C)ccc2-n2cccc2C12CCN(C(=O)Nc1cccc(F)c1)CC2. The Labute approximate surface area is 182 Å². The Balaban J connectivity index is 1.42. The van der Waals surface area contributed by atoms with Crippen LogP contribution in [0.1, 0.15) is 31.0 Å². The molecule has 3 aromatic rings. The molecule has 2 aliphatic heterocycles. The van der Waals surface area contributed by atoms with Crippen LogP contribution in [0.15, 0.2) is 60.8 Å². The van der Waals surface area contributed by atoms with Crippen LogP contribution in [0, 0.1) is 12.7 Å². The molecule has 6 heteroatoms. The van der Waals surface area contributed by atoms with E-state index in [0.717, 1.165) is 19.4 Å². The number of anilines is 2. The summed E-state index contributed by atoms with van der Waals surface area (Å²) in [6, 6.07) is 16.8. The number of aromatic nitrogens is 1. The van der Waals surface area contributed by atoms with Crippen LogP contribution in [-0.2, 0) is 5.54 Å². The van der Waals surface area contributed by atoms with E-state index in [-0.39, 0.29) is 17.4 Å². The monoisotopic (exact) mass is 418 g/mol. The fourth-order valence-corrected chi connectivity index (χ4v) is 5.24. The predicted molar refractivity (Wildman–Crippen MR) is 121 cm³/mol. The smallest absolute Gasteiger partial charge is 0.321 e. The topological polar surface area (TPSA) is 40.5 Å². The number of fused-ring (bicyclic) bond motifs is 4. The van der Waals surface area contributed by atoms with E-state index in [2.05, 4.69) is 65.2 Å². The van der Waals surface area contributed by atoms with Crippen LogP contribution in [0.3, 0.4) is 0 Å². The van der Waals surface area contributed by atoms with Gasteiger partial charge in [0.25, 0.3) is 0 Å². The maximum Gasteiger partial charge on any atom is 0.321 e. The van der Waals surface area contributed by atoms with Crippen molar-refractivity contribution >= 4 is 17.4 Å². The number of piperidine rings is 1. The standard InChI is InChI=1S/C25H27FN4O/c1-3-30-22-16-18(2)9-10-21(22)29-13-5-8-23(29)25(30)11-14-28(15-12-25)24(31)27-20-7-4-6-19(26)17-20/h4-10,13,16-17H,3,11-12,14-15H2,1-2H3,(H,27,31). The molecule has 2 aromatic carbocycles. The predicted octanol–water partition coefficient (Wildman–Crippen LogP) is 5.29. The van der Waals surface area contributed by atoms with Crippen molar-refractivity contribution in [2.24, 2.45) is 0 Å². The van der Waals surface area contributed by atoms with Gasteiger partial charge in [0, 0.05) is 37.2 Å². The number of halogens is 1. The van der Waals surface area contributed by atoms with Gasteiger partial charge >= 0.3 is 6.03 Å². The summed E-state index contributed by atoms with van der Waals surface area (Å²) >= 11 is 0. The van der Waals surface area contributed by atoms with Gasteiger partial charge in [-0.1, -0.05) is 12.1 Å². The highest BCUT2D eigenvalue weighted by molar-refractivity contribution is 5.89. The lowest BCUT2D eigenvalue weighted by atomic mass is 9.80. The minimum Gasteiger partial charge on any atom is -0.359 e. The summed E-state index contributed by atoms with van der Waals surface area (Å²) in [5.41, 5.74) is 5.34. The molecule has 0 unspecified atom stereocenters. The van der Waals surface area contributed by atoms with Crippen molar-refractivity contribution in [1.82, 2.24) is 9.47 Å². The van der Waals surface area contributed by atoms with E-state index < -0.39 is 0 Å². The van der Waals surface area contributed by atoms with Crippen molar-refractivity contribution in [2.45, 2.75) is 32.2 Å². The molecule has 0 radical (unpaired) electrons. The zero-order chi connectivity index (χ0) is 21.6. The number of carbonyl (C=O) groups is 1. The second-order valence-electron chi connectivity index (χ2n) is 8.46. The minimum absolute atomic E-state index is 0.144. The van der Waals surface area contributed by atoms with Crippen LogP contribution in [0.2, 0.25) is 0 Å². The number of amides is 2. The van der Waals surface area contributed by atoms with Crippen LogP contribution in [-0.4, -0.2) is 35.1 Å². The number of nitrogens with zero attached hydrogens (tertiary/aromatic N) is 3. The Morgan fingerprint density at radius 2 is 1.87 bits per heavy atom. The van der Waals surface area contributed by atoms with Crippen molar-refractivity contribution in [3.05, 3.63) is 77.9 Å². The number of likely N-dealkylation sites (tertiary alicyclic amines) is 1. The highest BCUT2D eigenvalue weighted by atomic mass is 19.1. The van der Waals surface area contributed by atoms with Gasteiger partial charge in [-0.05, 0) is 74.7 Å². The number of hydrogen-bond donors (Lipinski definition) is 1. The van der Waals surface area contributed by atoms with Gasteiger partial charge in [0.2, 0.25) is 0 Å². The van der Waals surface area contributed by atoms with Gasteiger partial charge in [-0.15, -0.1) is 0 Å². The molecule has 2 aliphatic rings. The summed E-state index contributed by atoms with van der Waals surface area (Å²) in [7, 11) is 0. The molecule has 5 rings (SSSR count). The van der Waals surface area contributed by atoms with Gasteiger partial charge in [0.15, 0.2) is 0 Å². The largest absolute Gasteiger partial charge is 0.359 e. The highest BCUT2D eigenvalue weighted by Gasteiger charge is 2.46. The molecule has 5 nitrogen and oxygen atoms in total. The molecule has 1 spiro atoms. The Morgan fingerprint density at radius 3 is 2.61 bits per heavy atom. The van der Waals surface area contributed by atoms with Crippen molar-refractivity contribution in [3.8, 4) is 5.69 Å². The van der Waals surface area contributed by atoms with Crippen LogP contribution >= 0.6 is 0 Å². The van der Waals surface area contributed by atoms with E-state index in [1.54, 1.807) is 12.1 Å². The maximum absolute atomic E-state index is 13.5. The first kappa shape index (κ1) is 19.7. The average molecular weight is 419 g/mol. The molecule has 3 heterocycles. The molecular formula is C25H27FN4O. The third-order valence-electron chi connectivity index (χ3n) is 6.69. The number of aryl methyl sites for hydroxylation is 1. The molecule has 1 fully saturated rings. The Hall–Kier alpha value is -3.28. The van der Waals surface area contributed by atoms with Crippen molar-refractivity contribution in [1.29, 1.82) is 0 Å². The molecule has 0 atom stereocenters. The number of hydrogen-bond acceptors (Lipinski definition) is 2. The third-order valence-corrected chi connectivity index (χ3v) is 6.69. The molecule has 0 bridgehead atoms. The number of nitrogens with one attached hydrogen (secondary N) is 1. The van der Waals surface area contributed by atoms with Gasteiger partial charge < -0.3 is 19.7 Å². The summed E-state index contributed by atoms with van der Waals surface area (Å²) in [5, 5.41) is 2.83. The fourth-order valence-electron chi connectivity index (χ4n) is 5.24. The lowest BCUT2D eigenvalue weighted by molar-refractivity contribution is 0.161. The van der Waals surface area contributed by atoms with E-state index in [9.17, 15) is 9.18 Å². The summed E-state index contributed by atoms with van der Waals surface area (Å²) in [6.45, 7) is 6.52. The van der Waals surface area contributed by atoms with Gasteiger partial charge in [-0.3, -0.25) is 0 Å². The molecular weight excluding hydrogens is 391 g/mol. The third kappa shape index (κ3) is 3.17. The average Bonchev–Trinajstić information content (AvgIpc) is 3.25. The molecule has 160 valence electrons. The lowest BCUT2D eigenvalue weighted by Crippen LogP contribution is -2.57. The number of urea groups is 1. The van der Waals surface area contributed by atoms with E-state index in [4.69, 9.17) is 0 Å². The molecule has 31 heavy (non-hydrogen) atoms. The van der Waals surface area contributed by atoms with Gasteiger partial charge in [0.1, 0.15) is 5.82 Å². The van der Waals surface area contributed by atoms with Crippen molar-refractivity contribution in [3.63, 3.8) is 0 Å². The summed E-state index contributed by atoms with van der Waals surface area (Å²) in [6.07, 6.45) is 3.82. The second kappa shape index (κ2) is 7.45. The molecule has 0 aliphatic carbocycles.